The van der Waals surface area contributed by atoms with E-state index in [0.717, 1.165) is 5.56 Å². The van der Waals surface area contributed by atoms with Crippen LogP contribution in [0.5, 0.6) is 0 Å². The summed E-state index contributed by atoms with van der Waals surface area (Å²) in [6.07, 6.45) is 1.44. The fourth-order valence-electron chi connectivity index (χ4n) is 1.70. The summed E-state index contributed by atoms with van der Waals surface area (Å²) in [7, 11) is 0. The molecule has 0 aliphatic carbocycles. The topological polar surface area (TPSA) is 75.1 Å². The zero-order valence-corrected chi connectivity index (χ0v) is 10.6. The van der Waals surface area contributed by atoms with Crippen LogP contribution in [0.3, 0.4) is 0 Å². The van der Waals surface area contributed by atoms with E-state index < -0.39 is 0 Å². The molecule has 0 amide bonds. The number of anilines is 1. The molecule has 2 N–H and O–H groups in total. The van der Waals surface area contributed by atoms with Crippen molar-refractivity contribution in [2.24, 2.45) is 0 Å². The second-order valence-corrected chi connectivity index (χ2v) is 4.45. The molecule has 2 aromatic heterocycles. The number of benzene rings is 1. The molecule has 96 valence electrons. The predicted octanol–water partition coefficient (Wildman–Crippen LogP) is 1.68. The van der Waals surface area contributed by atoms with Gasteiger partial charge < -0.3 is 5.32 Å². The third-order valence-electron chi connectivity index (χ3n) is 2.70. The van der Waals surface area contributed by atoms with Crippen molar-refractivity contribution in [3.05, 3.63) is 57.7 Å². The lowest BCUT2D eigenvalue weighted by Crippen LogP contribution is -2.10. The Kier molecular flexibility index (Phi) is 2.92. The molecule has 0 saturated carbocycles. The largest absolute Gasteiger partial charge is 0.366 e. The number of hydrogen-bond donors (Lipinski definition) is 2. The Labute approximate surface area is 113 Å². The van der Waals surface area contributed by atoms with Gasteiger partial charge in [0.15, 0.2) is 5.65 Å². The van der Waals surface area contributed by atoms with Gasteiger partial charge in [0.25, 0.3) is 0 Å². The van der Waals surface area contributed by atoms with Crippen molar-refractivity contribution in [2.45, 2.75) is 6.54 Å². The Bertz CT molecular complexity index is 762. The molecule has 0 saturated heterocycles. The van der Waals surface area contributed by atoms with Gasteiger partial charge in [-0.25, -0.2) is 19.3 Å². The third-order valence-corrected chi connectivity index (χ3v) is 2.95. The molecule has 6 nitrogen and oxygen atoms in total. The van der Waals surface area contributed by atoms with Crippen LogP contribution in [0, 0.1) is 0 Å². The third kappa shape index (κ3) is 2.43. The molecule has 3 rings (SSSR count). The lowest BCUT2D eigenvalue weighted by molar-refractivity contribution is 0.990. The van der Waals surface area contributed by atoms with Gasteiger partial charge in [-0.2, -0.15) is 5.10 Å². The van der Waals surface area contributed by atoms with Gasteiger partial charge in [0, 0.05) is 17.6 Å². The summed E-state index contributed by atoms with van der Waals surface area (Å²) >= 11 is 5.82. The van der Waals surface area contributed by atoms with Crippen molar-refractivity contribution < 1.29 is 0 Å². The van der Waals surface area contributed by atoms with Crippen LogP contribution in [0.1, 0.15) is 5.56 Å². The molecular formula is C12H10ClN5O. The molecule has 0 aliphatic heterocycles. The molecule has 0 aliphatic rings. The zero-order chi connectivity index (χ0) is 13.2. The first-order chi connectivity index (χ1) is 9.22. The predicted molar refractivity (Wildman–Crippen MR) is 72.4 cm³/mol. The number of nitrogens with zero attached hydrogens (tertiary/aromatic N) is 3. The molecule has 0 fully saturated rings. The maximum atomic E-state index is 11.3. The number of halogens is 1. The van der Waals surface area contributed by atoms with E-state index >= 15 is 0 Å². The molecule has 0 radical (unpaired) electrons. The molecule has 2 heterocycles. The Morgan fingerprint density at radius 2 is 2.11 bits per heavy atom. The fraction of sp³-hybridized carbons (Fsp3) is 0.0833. The molecule has 0 atom stereocenters. The molecular weight excluding hydrogens is 266 g/mol. The number of aromatic nitrogens is 4. The summed E-state index contributed by atoms with van der Waals surface area (Å²) in [6, 6.07) is 9.25. The van der Waals surface area contributed by atoms with E-state index in [2.05, 4.69) is 20.5 Å². The summed E-state index contributed by atoms with van der Waals surface area (Å²) in [6.45, 7) is 0.620. The normalized spacial score (nSPS) is 10.8. The first-order valence-corrected chi connectivity index (χ1v) is 6.01. The smallest absolute Gasteiger partial charge is 0.348 e. The van der Waals surface area contributed by atoms with Crippen LogP contribution in [-0.2, 0) is 6.54 Å². The minimum atomic E-state index is -0.299. The lowest BCUT2D eigenvalue weighted by Gasteiger charge is -2.05. The Morgan fingerprint density at radius 3 is 2.89 bits per heavy atom. The van der Waals surface area contributed by atoms with Crippen LogP contribution in [0.25, 0.3) is 5.65 Å². The second-order valence-electron chi connectivity index (χ2n) is 4.01. The minimum Gasteiger partial charge on any atom is -0.366 e. The van der Waals surface area contributed by atoms with Crippen LogP contribution >= 0.6 is 11.6 Å². The van der Waals surface area contributed by atoms with Gasteiger partial charge in [-0.3, -0.25) is 0 Å². The van der Waals surface area contributed by atoms with Gasteiger partial charge in [0.05, 0.1) is 0 Å². The molecule has 0 spiro atoms. The molecule has 19 heavy (non-hydrogen) atoms. The first-order valence-electron chi connectivity index (χ1n) is 5.63. The van der Waals surface area contributed by atoms with Crippen molar-refractivity contribution in [3.63, 3.8) is 0 Å². The van der Waals surface area contributed by atoms with Gasteiger partial charge in [-0.1, -0.05) is 23.7 Å². The van der Waals surface area contributed by atoms with Crippen LogP contribution in [-0.4, -0.2) is 19.6 Å². The summed E-state index contributed by atoms with van der Waals surface area (Å²) in [5.74, 6) is 0.654. The number of H-pyrrole nitrogens is 1. The first kappa shape index (κ1) is 11.7. The van der Waals surface area contributed by atoms with Crippen molar-refractivity contribution in [3.8, 4) is 0 Å². The quantitative estimate of drug-likeness (QED) is 0.763. The SMILES string of the molecule is O=c1[nH]nc2cc(NCc3ccc(Cl)cc3)ncn12. The summed E-state index contributed by atoms with van der Waals surface area (Å²) < 4.78 is 1.34. The Morgan fingerprint density at radius 1 is 1.32 bits per heavy atom. The van der Waals surface area contributed by atoms with Gasteiger partial charge in [0.1, 0.15) is 12.1 Å². The van der Waals surface area contributed by atoms with E-state index in [9.17, 15) is 4.79 Å². The van der Waals surface area contributed by atoms with E-state index in [4.69, 9.17) is 11.6 Å². The van der Waals surface area contributed by atoms with Crippen molar-refractivity contribution in [1.29, 1.82) is 0 Å². The molecule has 7 heteroatoms. The maximum Gasteiger partial charge on any atom is 0.348 e. The number of hydrogen-bond acceptors (Lipinski definition) is 4. The summed E-state index contributed by atoms with van der Waals surface area (Å²) in [4.78, 5) is 15.4. The number of rotatable bonds is 3. The Balaban J connectivity index is 1.78. The number of fused-ring (bicyclic) bond motifs is 1. The van der Waals surface area contributed by atoms with Gasteiger partial charge in [-0.05, 0) is 17.7 Å². The monoisotopic (exact) mass is 275 g/mol. The molecule has 1 aromatic carbocycles. The van der Waals surface area contributed by atoms with E-state index in [1.54, 1.807) is 6.07 Å². The lowest BCUT2D eigenvalue weighted by atomic mass is 10.2. The van der Waals surface area contributed by atoms with Crippen molar-refractivity contribution >= 4 is 23.1 Å². The van der Waals surface area contributed by atoms with E-state index in [1.807, 2.05) is 24.3 Å². The highest BCUT2D eigenvalue weighted by Crippen LogP contribution is 2.11. The fourth-order valence-corrected chi connectivity index (χ4v) is 1.83. The highest BCUT2D eigenvalue weighted by molar-refractivity contribution is 6.30. The molecule has 0 bridgehead atoms. The summed E-state index contributed by atoms with van der Waals surface area (Å²) in [5, 5.41) is 10.1. The zero-order valence-electron chi connectivity index (χ0n) is 9.80. The molecule has 0 unspecified atom stereocenters. The second kappa shape index (κ2) is 4.74. The van der Waals surface area contributed by atoms with Gasteiger partial charge in [0.2, 0.25) is 0 Å². The van der Waals surface area contributed by atoms with Crippen molar-refractivity contribution in [2.75, 3.05) is 5.32 Å². The summed E-state index contributed by atoms with van der Waals surface area (Å²) in [5.41, 5.74) is 1.32. The van der Waals surface area contributed by atoms with Crippen LogP contribution in [0.2, 0.25) is 5.02 Å². The highest BCUT2D eigenvalue weighted by atomic mass is 35.5. The highest BCUT2D eigenvalue weighted by Gasteiger charge is 2.02. The number of aromatic amines is 1. The van der Waals surface area contributed by atoms with E-state index in [-0.39, 0.29) is 5.69 Å². The van der Waals surface area contributed by atoms with Gasteiger partial charge in [-0.15, -0.1) is 0 Å². The number of nitrogens with one attached hydrogen (secondary N) is 2. The van der Waals surface area contributed by atoms with Gasteiger partial charge >= 0.3 is 5.69 Å². The molecule has 3 aromatic rings. The maximum absolute atomic E-state index is 11.3. The van der Waals surface area contributed by atoms with E-state index in [1.165, 1.54) is 10.7 Å². The standard InChI is InChI=1S/C12H10ClN5O/c13-9-3-1-8(2-4-9)6-14-10-5-11-16-17-12(19)18(11)7-15-10/h1-5,7,14H,6H2,(H,17,19). The average Bonchev–Trinajstić information content (AvgIpc) is 2.79. The van der Waals surface area contributed by atoms with Crippen LogP contribution in [0.15, 0.2) is 41.5 Å². The van der Waals surface area contributed by atoms with E-state index in [0.29, 0.717) is 23.0 Å². The minimum absolute atomic E-state index is 0.299. The van der Waals surface area contributed by atoms with Crippen molar-refractivity contribution in [1.82, 2.24) is 19.6 Å². The average molecular weight is 276 g/mol. The van der Waals surface area contributed by atoms with Crippen LogP contribution in [0.4, 0.5) is 5.82 Å². The van der Waals surface area contributed by atoms with Crippen LogP contribution < -0.4 is 11.0 Å². The Hall–Kier alpha value is -2.34.